The monoisotopic (exact) mass is 521 g/mol. The number of nitrogens with zero attached hydrogens (tertiary/aromatic N) is 5. The highest BCUT2D eigenvalue weighted by molar-refractivity contribution is 7.99. The van der Waals surface area contributed by atoms with E-state index >= 15 is 4.39 Å². The fourth-order valence-electron chi connectivity index (χ4n) is 4.45. The molecule has 1 amide bonds. The number of anilines is 1. The standard InChI is InChI=1S/C23H32FN5O2S.2C2H6/c1-6-15-18(24)19-17-16(25-15)10-8-9-14-13-28(22(30)31-23(3,4)5)11-12-29(14)20(17)27-21(26-19)32-7-2;2*1-2/h14H,6-13H2,1-5H3;2*1-2H3. The third-order valence-electron chi connectivity index (χ3n) is 5.85. The molecule has 1 fully saturated rings. The molecule has 4 heterocycles. The number of halogens is 1. The molecule has 1 atom stereocenters. The molecule has 7 nitrogen and oxygen atoms in total. The van der Waals surface area contributed by atoms with Crippen LogP contribution in [-0.4, -0.2) is 63.0 Å². The molecule has 0 bridgehead atoms. The lowest BCUT2D eigenvalue weighted by molar-refractivity contribution is 0.0211. The Hall–Kier alpha value is -2.16. The van der Waals surface area contributed by atoms with E-state index in [0.717, 1.165) is 41.9 Å². The molecule has 1 unspecified atom stereocenters. The van der Waals surface area contributed by atoms with Gasteiger partial charge in [0.2, 0.25) is 0 Å². The summed E-state index contributed by atoms with van der Waals surface area (Å²) in [5.74, 6) is 1.22. The number of hydrogen-bond donors (Lipinski definition) is 0. The first-order chi connectivity index (χ1) is 17.2. The quantitative estimate of drug-likeness (QED) is 0.331. The van der Waals surface area contributed by atoms with Gasteiger partial charge in [-0.3, -0.25) is 4.98 Å². The summed E-state index contributed by atoms with van der Waals surface area (Å²) in [5, 5.41) is 1.32. The molecule has 202 valence electrons. The number of thioether (sulfide) groups is 1. The Balaban J connectivity index is 0.00000109. The van der Waals surface area contributed by atoms with E-state index in [-0.39, 0.29) is 18.0 Å². The molecule has 1 saturated heterocycles. The van der Waals surface area contributed by atoms with Crippen molar-refractivity contribution in [2.75, 3.05) is 30.3 Å². The topological polar surface area (TPSA) is 71.5 Å². The Morgan fingerprint density at radius 3 is 2.42 bits per heavy atom. The van der Waals surface area contributed by atoms with Crippen LogP contribution in [0.2, 0.25) is 0 Å². The van der Waals surface area contributed by atoms with Crippen LogP contribution in [0.15, 0.2) is 5.16 Å². The zero-order chi connectivity index (χ0) is 27.0. The Morgan fingerprint density at radius 1 is 1.11 bits per heavy atom. The predicted molar refractivity (Wildman–Crippen MR) is 148 cm³/mol. The zero-order valence-corrected chi connectivity index (χ0v) is 24.4. The number of hydrogen-bond acceptors (Lipinski definition) is 7. The van der Waals surface area contributed by atoms with Gasteiger partial charge in [0.1, 0.15) is 16.9 Å². The number of piperazine rings is 1. The van der Waals surface area contributed by atoms with Crippen molar-refractivity contribution in [1.82, 2.24) is 19.9 Å². The molecule has 2 aromatic rings. The molecule has 0 aromatic carbocycles. The van der Waals surface area contributed by atoms with Gasteiger partial charge in [0.05, 0.1) is 16.8 Å². The first-order valence-electron chi connectivity index (χ1n) is 13.5. The smallest absolute Gasteiger partial charge is 0.410 e. The second-order valence-electron chi connectivity index (χ2n) is 9.32. The van der Waals surface area contributed by atoms with E-state index in [1.54, 1.807) is 4.90 Å². The number of aryl methyl sites for hydroxylation is 2. The normalized spacial score (nSPS) is 17.1. The van der Waals surface area contributed by atoms with Gasteiger partial charge in [-0.2, -0.15) is 0 Å². The molecule has 0 N–H and O–H groups in total. The van der Waals surface area contributed by atoms with Crippen LogP contribution in [0, 0.1) is 5.82 Å². The summed E-state index contributed by atoms with van der Waals surface area (Å²) >= 11 is 1.51. The second-order valence-corrected chi connectivity index (χ2v) is 10.6. The molecule has 2 aliphatic rings. The lowest BCUT2D eigenvalue weighted by atomic mass is 9.98. The highest BCUT2D eigenvalue weighted by Gasteiger charge is 2.35. The van der Waals surface area contributed by atoms with E-state index in [1.165, 1.54) is 11.8 Å². The van der Waals surface area contributed by atoms with Crippen molar-refractivity contribution in [3.63, 3.8) is 0 Å². The van der Waals surface area contributed by atoms with Gasteiger partial charge in [0, 0.05) is 25.7 Å². The van der Waals surface area contributed by atoms with Gasteiger partial charge in [0.15, 0.2) is 11.0 Å². The largest absolute Gasteiger partial charge is 0.444 e. The molecule has 0 saturated carbocycles. The average Bonchev–Trinajstić information content (AvgIpc) is 2.85. The molecule has 4 rings (SSSR count). The minimum Gasteiger partial charge on any atom is -0.444 e. The summed E-state index contributed by atoms with van der Waals surface area (Å²) in [6.45, 7) is 19.3. The molecule has 2 aromatic heterocycles. The summed E-state index contributed by atoms with van der Waals surface area (Å²) < 4.78 is 20.9. The first kappa shape index (κ1) is 30.1. The van der Waals surface area contributed by atoms with Crippen LogP contribution in [-0.2, 0) is 17.6 Å². The summed E-state index contributed by atoms with van der Waals surface area (Å²) in [7, 11) is 0. The molecular weight excluding hydrogens is 477 g/mol. The fraction of sp³-hybridized carbons (Fsp3) is 0.704. The van der Waals surface area contributed by atoms with Crippen LogP contribution in [0.3, 0.4) is 0 Å². The van der Waals surface area contributed by atoms with Crippen molar-refractivity contribution in [3.05, 3.63) is 17.2 Å². The Morgan fingerprint density at radius 2 is 1.81 bits per heavy atom. The Kier molecular flexibility index (Phi) is 11.2. The summed E-state index contributed by atoms with van der Waals surface area (Å²) in [6.07, 6.45) is 2.81. The van der Waals surface area contributed by atoms with E-state index in [1.807, 2.05) is 62.3 Å². The van der Waals surface area contributed by atoms with Crippen molar-refractivity contribution in [2.45, 2.75) is 105 Å². The minimum absolute atomic E-state index is 0.0934. The third-order valence-corrected chi connectivity index (χ3v) is 6.58. The van der Waals surface area contributed by atoms with E-state index in [2.05, 4.69) is 14.9 Å². The zero-order valence-electron chi connectivity index (χ0n) is 23.6. The maximum atomic E-state index is 15.3. The maximum Gasteiger partial charge on any atom is 0.410 e. The number of rotatable bonds is 3. The maximum absolute atomic E-state index is 15.3. The van der Waals surface area contributed by atoms with Crippen molar-refractivity contribution >= 4 is 34.6 Å². The lowest BCUT2D eigenvalue weighted by Crippen LogP contribution is -2.56. The van der Waals surface area contributed by atoms with Crippen molar-refractivity contribution < 1.29 is 13.9 Å². The molecule has 9 heteroatoms. The van der Waals surface area contributed by atoms with Crippen LogP contribution in [0.25, 0.3) is 10.9 Å². The number of aromatic nitrogens is 3. The Labute approximate surface area is 220 Å². The summed E-state index contributed by atoms with van der Waals surface area (Å²) in [5.41, 5.74) is 1.20. The van der Waals surface area contributed by atoms with E-state index < -0.39 is 5.60 Å². The lowest BCUT2D eigenvalue weighted by Gasteiger charge is -2.43. The number of amides is 1. The van der Waals surface area contributed by atoms with Crippen LogP contribution in [0.1, 0.15) is 86.5 Å². The van der Waals surface area contributed by atoms with Gasteiger partial charge >= 0.3 is 6.09 Å². The summed E-state index contributed by atoms with van der Waals surface area (Å²) in [4.78, 5) is 30.8. The number of carbonyl (C=O) groups is 1. The minimum atomic E-state index is -0.528. The van der Waals surface area contributed by atoms with E-state index in [9.17, 15) is 4.79 Å². The van der Waals surface area contributed by atoms with Crippen molar-refractivity contribution in [1.29, 1.82) is 0 Å². The van der Waals surface area contributed by atoms with Crippen molar-refractivity contribution in [2.24, 2.45) is 0 Å². The van der Waals surface area contributed by atoms with Gasteiger partial charge in [-0.05, 0) is 52.2 Å². The first-order valence-corrected chi connectivity index (χ1v) is 14.5. The SMILES string of the molecule is CC.CC.CCSc1nc2c3c(nc(CC)c(F)c3n1)CCCC1CN(C(=O)OC(C)(C)C)CCN21. The van der Waals surface area contributed by atoms with Crippen LogP contribution in [0.4, 0.5) is 15.0 Å². The second kappa shape index (κ2) is 13.4. The summed E-state index contributed by atoms with van der Waals surface area (Å²) in [6, 6.07) is 0.0934. The number of ether oxygens (including phenoxy) is 1. The van der Waals surface area contributed by atoms with Crippen LogP contribution < -0.4 is 4.90 Å². The third kappa shape index (κ3) is 6.78. The van der Waals surface area contributed by atoms with Gasteiger partial charge in [0.25, 0.3) is 0 Å². The van der Waals surface area contributed by atoms with Crippen molar-refractivity contribution in [3.8, 4) is 0 Å². The van der Waals surface area contributed by atoms with Gasteiger partial charge in [-0.25, -0.2) is 19.2 Å². The van der Waals surface area contributed by atoms with Gasteiger partial charge in [-0.1, -0.05) is 53.3 Å². The molecule has 0 spiro atoms. The van der Waals surface area contributed by atoms with Crippen LogP contribution >= 0.6 is 11.8 Å². The van der Waals surface area contributed by atoms with E-state index in [4.69, 9.17) is 9.72 Å². The fourth-order valence-corrected chi connectivity index (χ4v) is 5.02. The van der Waals surface area contributed by atoms with Gasteiger partial charge < -0.3 is 14.5 Å². The van der Waals surface area contributed by atoms with Gasteiger partial charge in [-0.15, -0.1) is 0 Å². The number of fused-ring (bicyclic) bond motifs is 2. The highest BCUT2D eigenvalue weighted by Crippen LogP contribution is 2.36. The molecular formula is C27H44FN5O2S. The molecule has 0 radical (unpaired) electrons. The molecule has 2 aliphatic heterocycles. The van der Waals surface area contributed by atoms with E-state index in [0.29, 0.717) is 42.4 Å². The number of pyridine rings is 1. The molecule has 36 heavy (non-hydrogen) atoms. The predicted octanol–water partition coefficient (Wildman–Crippen LogP) is 6.65. The Bertz CT molecular complexity index is 1030. The average molecular weight is 522 g/mol. The molecule has 0 aliphatic carbocycles. The highest BCUT2D eigenvalue weighted by atomic mass is 32.2. The van der Waals surface area contributed by atoms with Crippen LogP contribution in [0.5, 0.6) is 0 Å². The number of carbonyl (C=O) groups excluding carboxylic acids is 1.